The molecular weight excluding hydrogens is 304 g/mol. The van der Waals surface area contributed by atoms with Gasteiger partial charge in [-0.15, -0.1) is 11.3 Å². The predicted octanol–water partition coefficient (Wildman–Crippen LogP) is 3.22. The molecule has 0 aliphatic carbocycles. The van der Waals surface area contributed by atoms with Gasteiger partial charge in [0.25, 0.3) is 5.91 Å². The highest BCUT2D eigenvalue weighted by atomic mass is 32.1. The maximum atomic E-state index is 12.4. The molecule has 0 atom stereocenters. The van der Waals surface area contributed by atoms with Crippen molar-refractivity contribution in [3.05, 3.63) is 51.2 Å². The van der Waals surface area contributed by atoms with E-state index in [1.54, 1.807) is 23.7 Å². The van der Waals surface area contributed by atoms with Gasteiger partial charge in [0, 0.05) is 9.75 Å². The fourth-order valence-corrected chi connectivity index (χ4v) is 3.38. The van der Waals surface area contributed by atoms with Gasteiger partial charge in [-0.25, -0.2) is 0 Å². The first kappa shape index (κ1) is 14.0. The summed E-state index contributed by atoms with van der Waals surface area (Å²) in [7, 11) is 0. The summed E-state index contributed by atoms with van der Waals surface area (Å²) >= 11 is 6.95. The van der Waals surface area contributed by atoms with Gasteiger partial charge in [0.15, 0.2) is 5.11 Å². The number of hydrogen-bond acceptors (Lipinski definition) is 4. The molecule has 3 rings (SSSR count). The average molecular weight is 318 g/mol. The van der Waals surface area contributed by atoms with Gasteiger partial charge in [-0.1, -0.05) is 0 Å². The maximum Gasteiger partial charge on any atom is 0.276 e. The van der Waals surface area contributed by atoms with E-state index < -0.39 is 0 Å². The molecule has 6 heteroatoms. The molecule has 1 amide bonds. The Labute approximate surface area is 132 Å². The first-order chi connectivity index (χ1) is 10.0. The second-order valence-electron chi connectivity index (χ2n) is 4.83. The van der Waals surface area contributed by atoms with Crippen molar-refractivity contribution < 1.29 is 9.21 Å². The lowest BCUT2D eigenvalue weighted by molar-refractivity contribution is -0.122. The maximum absolute atomic E-state index is 12.4. The van der Waals surface area contributed by atoms with Crippen LogP contribution in [0.1, 0.15) is 21.1 Å². The van der Waals surface area contributed by atoms with Crippen molar-refractivity contribution >= 4 is 40.7 Å². The van der Waals surface area contributed by atoms with E-state index in [2.05, 4.69) is 18.3 Å². The fourth-order valence-electron chi connectivity index (χ4n) is 2.22. The number of thiophene rings is 1. The zero-order chi connectivity index (χ0) is 15.0. The number of aryl methyl sites for hydroxylation is 2. The first-order valence-corrected chi connectivity index (χ1v) is 7.71. The topological polar surface area (TPSA) is 45.5 Å². The Hall–Kier alpha value is -1.92. The van der Waals surface area contributed by atoms with Gasteiger partial charge < -0.3 is 9.73 Å². The van der Waals surface area contributed by atoms with E-state index in [0.717, 1.165) is 5.56 Å². The van der Waals surface area contributed by atoms with Crippen LogP contribution in [0.15, 0.2) is 34.6 Å². The van der Waals surface area contributed by atoms with E-state index >= 15 is 0 Å². The SMILES string of the molecule is Cc1cc(/C=C2/NC(=S)N(Cc3ccco3)C2=O)c(C)s1. The van der Waals surface area contributed by atoms with Crippen LogP contribution in [0.25, 0.3) is 6.08 Å². The van der Waals surface area contributed by atoms with Gasteiger partial charge in [0.2, 0.25) is 0 Å². The van der Waals surface area contributed by atoms with E-state index in [9.17, 15) is 4.79 Å². The molecule has 0 bridgehead atoms. The summed E-state index contributed by atoms with van der Waals surface area (Å²) in [5.74, 6) is 0.580. The summed E-state index contributed by atoms with van der Waals surface area (Å²) in [5.41, 5.74) is 1.56. The van der Waals surface area contributed by atoms with Crippen LogP contribution in [-0.4, -0.2) is 15.9 Å². The first-order valence-electron chi connectivity index (χ1n) is 6.48. The number of carbonyl (C=O) groups excluding carboxylic acids is 1. The molecule has 1 N–H and O–H groups in total. The molecule has 1 fully saturated rings. The van der Waals surface area contributed by atoms with E-state index in [4.69, 9.17) is 16.6 Å². The van der Waals surface area contributed by atoms with Crippen LogP contribution >= 0.6 is 23.6 Å². The second kappa shape index (κ2) is 5.46. The third-order valence-electron chi connectivity index (χ3n) is 3.24. The van der Waals surface area contributed by atoms with Gasteiger partial charge in [-0.2, -0.15) is 0 Å². The smallest absolute Gasteiger partial charge is 0.276 e. The third kappa shape index (κ3) is 2.77. The predicted molar refractivity (Wildman–Crippen MR) is 86.8 cm³/mol. The number of thiocarbonyl (C=S) groups is 1. The Kier molecular flexibility index (Phi) is 3.65. The summed E-state index contributed by atoms with van der Waals surface area (Å²) in [5, 5.41) is 3.39. The van der Waals surface area contributed by atoms with E-state index in [0.29, 0.717) is 23.1 Å². The number of nitrogens with zero attached hydrogens (tertiary/aromatic N) is 1. The quantitative estimate of drug-likeness (QED) is 0.697. The highest BCUT2D eigenvalue weighted by molar-refractivity contribution is 7.80. The number of amides is 1. The fraction of sp³-hybridized carbons (Fsp3) is 0.200. The van der Waals surface area contributed by atoms with Crippen molar-refractivity contribution in [3.8, 4) is 0 Å². The lowest BCUT2D eigenvalue weighted by atomic mass is 10.2. The molecule has 1 aliphatic rings. The van der Waals surface area contributed by atoms with Gasteiger partial charge in [0.05, 0.1) is 12.8 Å². The second-order valence-corrected chi connectivity index (χ2v) is 6.67. The van der Waals surface area contributed by atoms with Crippen LogP contribution in [0.4, 0.5) is 0 Å². The number of carbonyl (C=O) groups is 1. The van der Waals surface area contributed by atoms with Crippen LogP contribution in [0.3, 0.4) is 0 Å². The zero-order valence-electron chi connectivity index (χ0n) is 11.7. The molecule has 1 aliphatic heterocycles. The number of furan rings is 1. The minimum Gasteiger partial charge on any atom is -0.467 e. The van der Waals surface area contributed by atoms with Crippen molar-refractivity contribution in [3.63, 3.8) is 0 Å². The molecule has 3 heterocycles. The standard InChI is InChI=1S/C15H14N2O2S2/c1-9-6-11(10(2)21-9)7-13-14(18)17(15(20)16-13)8-12-4-3-5-19-12/h3-7H,8H2,1-2H3,(H,16,20)/b13-7+. The molecular formula is C15H14N2O2S2. The molecule has 1 saturated heterocycles. The Bertz CT molecular complexity index is 729. The van der Waals surface area contributed by atoms with E-state index in [1.165, 1.54) is 14.7 Å². The van der Waals surface area contributed by atoms with E-state index in [-0.39, 0.29) is 5.91 Å². The highest BCUT2D eigenvalue weighted by Crippen LogP contribution is 2.24. The summed E-state index contributed by atoms with van der Waals surface area (Å²) in [6.07, 6.45) is 3.44. The molecule has 2 aromatic rings. The van der Waals surface area contributed by atoms with Crippen molar-refractivity contribution in [1.82, 2.24) is 10.2 Å². The van der Waals surface area contributed by atoms with Crippen LogP contribution in [0.5, 0.6) is 0 Å². The molecule has 0 spiro atoms. The molecule has 0 unspecified atom stereocenters. The number of hydrogen-bond donors (Lipinski definition) is 1. The van der Waals surface area contributed by atoms with Crippen molar-refractivity contribution in [2.24, 2.45) is 0 Å². The average Bonchev–Trinajstić information content (AvgIpc) is 3.10. The van der Waals surface area contributed by atoms with Crippen molar-refractivity contribution in [2.45, 2.75) is 20.4 Å². The Morgan fingerprint density at radius 3 is 2.90 bits per heavy atom. The normalized spacial score (nSPS) is 16.9. The van der Waals surface area contributed by atoms with Crippen LogP contribution in [0, 0.1) is 13.8 Å². The Balaban J connectivity index is 1.84. The molecule has 21 heavy (non-hydrogen) atoms. The minimum atomic E-state index is -0.125. The molecule has 0 aromatic carbocycles. The lowest BCUT2D eigenvalue weighted by Crippen LogP contribution is -2.29. The summed E-state index contributed by atoms with van der Waals surface area (Å²) in [6, 6.07) is 5.69. The molecule has 2 aromatic heterocycles. The third-order valence-corrected chi connectivity index (χ3v) is 4.54. The summed E-state index contributed by atoms with van der Waals surface area (Å²) in [4.78, 5) is 16.3. The van der Waals surface area contributed by atoms with Gasteiger partial charge >= 0.3 is 0 Å². The minimum absolute atomic E-state index is 0.125. The van der Waals surface area contributed by atoms with Crippen molar-refractivity contribution in [1.29, 1.82) is 0 Å². The van der Waals surface area contributed by atoms with E-state index in [1.807, 2.05) is 19.1 Å². The Morgan fingerprint density at radius 1 is 1.48 bits per heavy atom. The van der Waals surface area contributed by atoms with Gasteiger partial charge in [-0.3, -0.25) is 9.69 Å². The van der Waals surface area contributed by atoms with Crippen LogP contribution in [0.2, 0.25) is 0 Å². The monoisotopic (exact) mass is 318 g/mol. The molecule has 0 saturated carbocycles. The molecule has 0 radical (unpaired) electrons. The molecule has 108 valence electrons. The van der Waals surface area contributed by atoms with Crippen LogP contribution in [-0.2, 0) is 11.3 Å². The Morgan fingerprint density at radius 2 is 2.29 bits per heavy atom. The highest BCUT2D eigenvalue weighted by Gasteiger charge is 2.31. The summed E-state index contributed by atoms with van der Waals surface area (Å²) in [6.45, 7) is 4.44. The van der Waals surface area contributed by atoms with Crippen LogP contribution < -0.4 is 5.32 Å². The van der Waals surface area contributed by atoms with Crippen molar-refractivity contribution in [2.75, 3.05) is 0 Å². The molecule has 4 nitrogen and oxygen atoms in total. The largest absolute Gasteiger partial charge is 0.467 e. The number of rotatable bonds is 3. The lowest BCUT2D eigenvalue weighted by Gasteiger charge is -2.11. The van der Waals surface area contributed by atoms with Gasteiger partial charge in [-0.05, 0) is 55.9 Å². The zero-order valence-corrected chi connectivity index (χ0v) is 13.3. The summed E-state index contributed by atoms with van der Waals surface area (Å²) < 4.78 is 5.27. The number of nitrogens with one attached hydrogen (secondary N) is 1. The van der Waals surface area contributed by atoms with Gasteiger partial charge in [0.1, 0.15) is 11.5 Å².